The van der Waals surface area contributed by atoms with Crippen LogP contribution >= 0.6 is 11.8 Å². The third kappa shape index (κ3) is 5.91. The van der Waals surface area contributed by atoms with Gasteiger partial charge >= 0.3 is 0 Å². The van der Waals surface area contributed by atoms with Crippen molar-refractivity contribution in [3.05, 3.63) is 72.1 Å². The number of nitrogens with one attached hydrogen (secondary N) is 1. The van der Waals surface area contributed by atoms with Gasteiger partial charge in [0.05, 0.1) is 12.9 Å². The fourth-order valence-corrected chi connectivity index (χ4v) is 3.88. The summed E-state index contributed by atoms with van der Waals surface area (Å²) >= 11 is 1.33. The van der Waals surface area contributed by atoms with Gasteiger partial charge in [-0.3, -0.25) is 9.36 Å². The number of ether oxygens (including phenoxy) is 2. The summed E-state index contributed by atoms with van der Waals surface area (Å²) in [7, 11) is 1.61. The number of carbonyl (C=O) groups is 1. The molecule has 1 unspecified atom stereocenters. The Bertz CT molecular complexity index is 1100. The Balaban J connectivity index is 1.69. The maximum atomic E-state index is 12.5. The van der Waals surface area contributed by atoms with Crippen molar-refractivity contribution < 1.29 is 14.3 Å². The van der Waals surface area contributed by atoms with Gasteiger partial charge in [0.1, 0.15) is 11.5 Å². The smallest absolute Gasteiger partial charge is 0.234 e. The number of allylic oxidation sites excluding steroid dienone is 1. The maximum absolute atomic E-state index is 12.5. The number of hydrogen-bond donors (Lipinski definition) is 1. The molecule has 0 radical (unpaired) electrons. The monoisotopic (exact) mass is 452 g/mol. The zero-order valence-electron chi connectivity index (χ0n) is 18.8. The molecular weight excluding hydrogens is 424 g/mol. The number of nitrogens with zero attached hydrogens (tertiary/aromatic N) is 3. The first kappa shape index (κ1) is 23.4. The summed E-state index contributed by atoms with van der Waals surface area (Å²) in [6, 6.07) is 13.4. The minimum Gasteiger partial charge on any atom is -0.497 e. The predicted molar refractivity (Wildman–Crippen MR) is 128 cm³/mol. The van der Waals surface area contributed by atoms with Crippen LogP contribution in [-0.4, -0.2) is 33.5 Å². The van der Waals surface area contributed by atoms with Crippen LogP contribution in [0.2, 0.25) is 0 Å². The highest BCUT2D eigenvalue weighted by Gasteiger charge is 2.20. The second-order valence-electron chi connectivity index (χ2n) is 7.33. The molecule has 3 rings (SSSR count). The second kappa shape index (κ2) is 10.9. The molecule has 3 aromatic rings. The van der Waals surface area contributed by atoms with Crippen molar-refractivity contribution in [1.29, 1.82) is 0 Å². The molecule has 0 aliphatic heterocycles. The Morgan fingerprint density at radius 1 is 1.22 bits per heavy atom. The standard InChI is InChI=1S/C24H28N4O3S/c1-6-12-28-23(18(4)31-20-9-7-8-19(14-20)30-5)26-27-24(28)32-15-22(29)25-21-13-16(2)10-11-17(21)3/h6-11,13-14,18H,1,12,15H2,2-5H3,(H,25,29). The van der Waals surface area contributed by atoms with Gasteiger partial charge in [-0.1, -0.05) is 36.0 Å². The number of amides is 1. The summed E-state index contributed by atoms with van der Waals surface area (Å²) in [4.78, 5) is 12.5. The van der Waals surface area contributed by atoms with E-state index in [1.165, 1.54) is 11.8 Å². The van der Waals surface area contributed by atoms with Gasteiger partial charge in [-0.15, -0.1) is 16.8 Å². The number of aromatic nitrogens is 3. The summed E-state index contributed by atoms with van der Waals surface area (Å²) in [6.45, 7) is 10.2. The quantitative estimate of drug-likeness (QED) is 0.346. The van der Waals surface area contributed by atoms with E-state index in [0.717, 1.165) is 16.8 Å². The molecule has 2 aromatic carbocycles. The zero-order valence-corrected chi connectivity index (χ0v) is 19.6. The second-order valence-corrected chi connectivity index (χ2v) is 8.28. The fourth-order valence-electron chi connectivity index (χ4n) is 3.13. The molecule has 0 aliphatic carbocycles. The normalized spacial score (nSPS) is 11.6. The van der Waals surface area contributed by atoms with E-state index in [4.69, 9.17) is 9.47 Å². The van der Waals surface area contributed by atoms with Crippen LogP contribution in [0.15, 0.2) is 60.3 Å². The van der Waals surface area contributed by atoms with Gasteiger partial charge in [-0.2, -0.15) is 0 Å². The average molecular weight is 453 g/mol. The average Bonchev–Trinajstić information content (AvgIpc) is 3.18. The Labute approximate surface area is 192 Å². The van der Waals surface area contributed by atoms with Gasteiger partial charge in [0.2, 0.25) is 5.91 Å². The number of aryl methyl sites for hydroxylation is 2. The number of methoxy groups -OCH3 is 1. The summed E-state index contributed by atoms with van der Waals surface area (Å²) in [5.41, 5.74) is 2.94. The van der Waals surface area contributed by atoms with Crippen LogP contribution in [0.3, 0.4) is 0 Å². The van der Waals surface area contributed by atoms with Gasteiger partial charge in [0, 0.05) is 18.3 Å². The van der Waals surface area contributed by atoms with E-state index in [0.29, 0.717) is 29.0 Å². The van der Waals surface area contributed by atoms with Crippen molar-refractivity contribution in [2.24, 2.45) is 0 Å². The summed E-state index contributed by atoms with van der Waals surface area (Å²) in [6.07, 6.45) is 1.42. The minimum atomic E-state index is -0.354. The van der Waals surface area contributed by atoms with Gasteiger partial charge in [-0.05, 0) is 50.1 Å². The molecule has 0 saturated carbocycles. The van der Waals surface area contributed by atoms with Crippen LogP contribution in [0.25, 0.3) is 0 Å². The zero-order chi connectivity index (χ0) is 23.1. The summed E-state index contributed by atoms with van der Waals surface area (Å²) in [5, 5.41) is 12.2. The number of rotatable bonds is 10. The Hall–Kier alpha value is -3.26. The molecule has 7 nitrogen and oxygen atoms in total. The largest absolute Gasteiger partial charge is 0.497 e. The Morgan fingerprint density at radius 3 is 2.75 bits per heavy atom. The van der Waals surface area contributed by atoms with E-state index in [1.807, 2.05) is 67.8 Å². The number of hydrogen-bond acceptors (Lipinski definition) is 6. The molecule has 1 amide bonds. The molecule has 168 valence electrons. The topological polar surface area (TPSA) is 78.3 Å². The molecule has 0 fully saturated rings. The van der Waals surface area contributed by atoms with Crippen LogP contribution in [-0.2, 0) is 11.3 Å². The molecular formula is C24H28N4O3S. The molecule has 0 bridgehead atoms. The van der Waals surface area contributed by atoms with E-state index in [2.05, 4.69) is 22.1 Å². The molecule has 1 aromatic heterocycles. The van der Waals surface area contributed by atoms with Gasteiger partial charge in [-0.25, -0.2) is 0 Å². The van der Waals surface area contributed by atoms with Gasteiger partial charge in [0.25, 0.3) is 0 Å². The lowest BCUT2D eigenvalue weighted by Gasteiger charge is -2.16. The van der Waals surface area contributed by atoms with Crippen LogP contribution in [0, 0.1) is 13.8 Å². The van der Waals surface area contributed by atoms with Crippen molar-refractivity contribution in [1.82, 2.24) is 14.8 Å². The molecule has 32 heavy (non-hydrogen) atoms. The van der Waals surface area contributed by atoms with E-state index in [9.17, 15) is 4.79 Å². The van der Waals surface area contributed by atoms with E-state index in [-0.39, 0.29) is 17.8 Å². The van der Waals surface area contributed by atoms with E-state index in [1.54, 1.807) is 13.2 Å². The van der Waals surface area contributed by atoms with Crippen LogP contribution in [0.4, 0.5) is 5.69 Å². The molecule has 1 N–H and O–H groups in total. The lowest BCUT2D eigenvalue weighted by atomic mass is 10.1. The predicted octanol–water partition coefficient (Wildman–Crippen LogP) is 4.96. The summed E-state index contributed by atoms with van der Waals surface area (Å²) in [5.74, 6) is 2.16. The minimum absolute atomic E-state index is 0.0981. The molecule has 0 saturated heterocycles. The van der Waals surface area contributed by atoms with Crippen molar-refractivity contribution in [3.8, 4) is 11.5 Å². The first-order valence-electron chi connectivity index (χ1n) is 10.3. The molecule has 1 heterocycles. The van der Waals surface area contributed by atoms with Crippen molar-refractivity contribution in [2.45, 2.75) is 38.6 Å². The van der Waals surface area contributed by atoms with Gasteiger partial charge in [0.15, 0.2) is 17.1 Å². The van der Waals surface area contributed by atoms with Crippen LogP contribution in [0.1, 0.15) is 30.0 Å². The number of benzene rings is 2. The fraction of sp³-hybridized carbons (Fsp3) is 0.292. The number of anilines is 1. The van der Waals surface area contributed by atoms with Crippen LogP contribution in [0.5, 0.6) is 11.5 Å². The highest BCUT2D eigenvalue weighted by atomic mass is 32.2. The number of thioether (sulfide) groups is 1. The first-order valence-corrected chi connectivity index (χ1v) is 11.2. The van der Waals surface area contributed by atoms with Crippen molar-refractivity contribution >= 4 is 23.4 Å². The highest BCUT2D eigenvalue weighted by molar-refractivity contribution is 7.99. The highest BCUT2D eigenvalue weighted by Crippen LogP contribution is 2.27. The summed E-state index contributed by atoms with van der Waals surface area (Å²) < 4.78 is 13.2. The van der Waals surface area contributed by atoms with E-state index < -0.39 is 0 Å². The van der Waals surface area contributed by atoms with E-state index >= 15 is 0 Å². The molecule has 0 spiro atoms. The third-order valence-electron chi connectivity index (χ3n) is 4.77. The Kier molecular flexibility index (Phi) is 7.94. The maximum Gasteiger partial charge on any atom is 0.234 e. The van der Waals surface area contributed by atoms with Crippen molar-refractivity contribution in [3.63, 3.8) is 0 Å². The SMILES string of the molecule is C=CCn1c(SCC(=O)Nc2cc(C)ccc2C)nnc1C(C)Oc1cccc(OC)c1. The van der Waals surface area contributed by atoms with Crippen LogP contribution < -0.4 is 14.8 Å². The molecule has 8 heteroatoms. The molecule has 0 aliphatic rings. The molecule has 1 atom stereocenters. The lowest BCUT2D eigenvalue weighted by Crippen LogP contribution is -2.16. The van der Waals surface area contributed by atoms with Gasteiger partial charge < -0.3 is 14.8 Å². The Morgan fingerprint density at radius 2 is 2.00 bits per heavy atom. The van der Waals surface area contributed by atoms with Crippen molar-refractivity contribution in [2.75, 3.05) is 18.2 Å². The lowest BCUT2D eigenvalue weighted by molar-refractivity contribution is -0.113. The third-order valence-corrected chi connectivity index (χ3v) is 5.74. The first-order chi connectivity index (χ1) is 15.4. The number of carbonyl (C=O) groups excluding carboxylic acids is 1.